The predicted octanol–water partition coefficient (Wildman–Crippen LogP) is 4.93. The van der Waals surface area contributed by atoms with Gasteiger partial charge in [0.2, 0.25) is 0 Å². The summed E-state index contributed by atoms with van der Waals surface area (Å²) < 4.78 is 19.9. The Bertz CT molecular complexity index is 643. The Hall–Kier alpha value is -1.82. The van der Waals surface area contributed by atoms with Gasteiger partial charge in [-0.1, -0.05) is 59.3 Å². The molecule has 2 aromatic rings. The van der Waals surface area contributed by atoms with E-state index in [2.05, 4.69) is 22.9 Å². The molecule has 0 saturated heterocycles. The van der Waals surface area contributed by atoms with Gasteiger partial charge in [0.15, 0.2) is 11.6 Å². The summed E-state index contributed by atoms with van der Waals surface area (Å²) in [7, 11) is -1.00. The Labute approximate surface area is 143 Å². The molecule has 0 heterocycles. The van der Waals surface area contributed by atoms with Crippen molar-refractivity contribution in [2.75, 3.05) is 0 Å². The zero-order chi connectivity index (χ0) is 17.2. The second kappa shape index (κ2) is 10.1. The minimum absolute atomic E-state index is 0.0902. The van der Waals surface area contributed by atoms with Crippen LogP contribution in [-0.2, 0) is 6.42 Å². The number of aryl methyl sites for hydroxylation is 1. The van der Waals surface area contributed by atoms with Gasteiger partial charge in [0.25, 0.3) is 0 Å². The SMILES string of the molecule is CCc1ccc(C(=O)CC(=O)c2ccc(Br)cc2)cc1.F[B]F. The number of rotatable bonds is 5. The number of Topliss-reactive ketones (excluding diaryl/α,β-unsaturated/α-hetero) is 2. The van der Waals surface area contributed by atoms with E-state index in [1.807, 2.05) is 12.1 Å². The molecule has 0 spiro atoms. The van der Waals surface area contributed by atoms with Gasteiger partial charge in [-0.2, -0.15) is 0 Å². The molecular weight excluding hydrogens is 365 g/mol. The summed E-state index contributed by atoms with van der Waals surface area (Å²) in [4.78, 5) is 24.1. The highest BCUT2D eigenvalue weighted by molar-refractivity contribution is 9.10. The summed E-state index contributed by atoms with van der Waals surface area (Å²) in [5, 5.41) is 0. The van der Waals surface area contributed by atoms with Gasteiger partial charge in [-0.25, -0.2) is 0 Å². The zero-order valence-corrected chi connectivity index (χ0v) is 14.1. The molecule has 0 aliphatic carbocycles. The monoisotopic (exact) mass is 379 g/mol. The molecule has 0 N–H and O–H groups in total. The number of halogens is 3. The topological polar surface area (TPSA) is 34.1 Å². The molecular formula is C17H15BBrF2O2. The van der Waals surface area contributed by atoms with Crippen LogP contribution in [0.1, 0.15) is 39.6 Å². The van der Waals surface area contributed by atoms with E-state index in [9.17, 15) is 18.2 Å². The van der Waals surface area contributed by atoms with E-state index < -0.39 is 7.83 Å². The Kier molecular flexibility index (Phi) is 8.41. The van der Waals surface area contributed by atoms with Crippen molar-refractivity contribution in [1.82, 2.24) is 0 Å². The molecule has 23 heavy (non-hydrogen) atoms. The molecule has 0 saturated carbocycles. The number of carbonyl (C=O) groups is 2. The lowest BCUT2D eigenvalue weighted by Gasteiger charge is -2.03. The van der Waals surface area contributed by atoms with E-state index in [0.29, 0.717) is 11.1 Å². The summed E-state index contributed by atoms with van der Waals surface area (Å²) in [6.07, 6.45) is 0.847. The highest BCUT2D eigenvalue weighted by Gasteiger charge is 2.13. The molecule has 6 heteroatoms. The number of ketones is 2. The van der Waals surface area contributed by atoms with Crippen LogP contribution in [0.2, 0.25) is 0 Å². The van der Waals surface area contributed by atoms with E-state index in [1.165, 1.54) is 5.56 Å². The van der Waals surface area contributed by atoms with Gasteiger partial charge < -0.3 is 0 Å². The largest absolute Gasteiger partial charge is 0.577 e. The lowest BCUT2D eigenvalue weighted by atomic mass is 10.0. The average molecular weight is 380 g/mol. The summed E-state index contributed by atoms with van der Waals surface area (Å²) in [6, 6.07) is 14.5. The maximum Gasteiger partial charge on any atom is 0.577 e. The fourth-order valence-electron chi connectivity index (χ4n) is 1.91. The van der Waals surface area contributed by atoms with Crippen LogP contribution in [0.15, 0.2) is 53.0 Å². The van der Waals surface area contributed by atoms with Crippen LogP contribution in [0, 0.1) is 0 Å². The van der Waals surface area contributed by atoms with Crippen molar-refractivity contribution in [3.8, 4) is 0 Å². The van der Waals surface area contributed by atoms with Gasteiger partial charge in [0.05, 0.1) is 6.42 Å². The third-order valence-electron chi connectivity index (χ3n) is 3.17. The van der Waals surface area contributed by atoms with Crippen LogP contribution < -0.4 is 0 Å². The standard InChI is InChI=1S/C17H15BrO2.BF2/c1-2-12-3-5-13(6-4-12)16(19)11-17(20)14-7-9-15(18)10-8-14;2-1-3/h3-10H,2,11H2,1H3;. The fourth-order valence-corrected chi connectivity index (χ4v) is 2.18. The Morgan fingerprint density at radius 2 is 1.30 bits per heavy atom. The van der Waals surface area contributed by atoms with Crippen LogP contribution >= 0.6 is 15.9 Å². The molecule has 0 bridgehead atoms. The summed E-state index contributed by atoms with van der Waals surface area (Å²) in [5.74, 6) is -0.289. The molecule has 0 unspecified atom stereocenters. The van der Waals surface area contributed by atoms with Crippen molar-refractivity contribution in [2.24, 2.45) is 0 Å². The normalized spacial score (nSPS) is 9.57. The Morgan fingerprint density at radius 3 is 1.70 bits per heavy atom. The van der Waals surface area contributed by atoms with E-state index in [-0.39, 0.29) is 18.0 Å². The smallest absolute Gasteiger partial charge is 0.294 e. The highest BCUT2D eigenvalue weighted by Crippen LogP contribution is 2.14. The molecule has 2 aromatic carbocycles. The Morgan fingerprint density at radius 1 is 0.913 bits per heavy atom. The van der Waals surface area contributed by atoms with Crippen molar-refractivity contribution in [2.45, 2.75) is 19.8 Å². The number of hydrogen-bond donors (Lipinski definition) is 0. The van der Waals surface area contributed by atoms with Crippen LogP contribution in [0.25, 0.3) is 0 Å². The zero-order valence-electron chi connectivity index (χ0n) is 12.6. The maximum atomic E-state index is 12.1. The molecule has 0 amide bonds. The first kappa shape index (κ1) is 19.2. The summed E-state index contributed by atoms with van der Waals surface area (Å²) >= 11 is 3.32. The molecule has 2 rings (SSSR count). The minimum Gasteiger partial charge on any atom is -0.294 e. The van der Waals surface area contributed by atoms with Gasteiger partial charge in [0.1, 0.15) is 0 Å². The molecule has 2 nitrogen and oxygen atoms in total. The van der Waals surface area contributed by atoms with Crippen molar-refractivity contribution >= 4 is 35.3 Å². The van der Waals surface area contributed by atoms with E-state index >= 15 is 0 Å². The first-order valence-corrected chi connectivity index (χ1v) is 7.74. The van der Waals surface area contributed by atoms with Gasteiger partial charge in [-0.15, -0.1) is 0 Å². The lowest BCUT2D eigenvalue weighted by molar-refractivity contribution is 0.0894. The molecule has 0 aliphatic heterocycles. The first-order valence-electron chi connectivity index (χ1n) is 6.94. The lowest BCUT2D eigenvalue weighted by Crippen LogP contribution is -2.08. The van der Waals surface area contributed by atoms with Crippen LogP contribution in [0.4, 0.5) is 8.63 Å². The number of carbonyl (C=O) groups excluding carboxylic acids is 2. The second-order valence-electron chi connectivity index (χ2n) is 4.66. The van der Waals surface area contributed by atoms with Crippen molar-refractivity contribution in [3.63, 3.8) is 0 Å². The van der Waals surface area contributed by atoms with Gasteiger partial charge in [-0.05, 0) is 24.1 Å². The van der Waals surface area contributed by atoms with E-state index in [0.717, 1.165) is 10.9 Å². The fraction of sp³-hybridized carbons (Fsp3) is 0.176. The third-order valence-corrected chi connectivity index (χ3v) is 3.70. The van der Waals surface area contributed by atoms with Crippen LogP contribution in [0.3, 0.4) is 0 Å². The molecule has 119 valence electrons. The molecule has 0 aromatic heterocycles. The maximum absolute atomic E-state index is 12.1. The van der Waals surface area contributed by atoms with Gasteiger partial charge in [0, 0.05) is 15.6 Å². The molecule has 0 atom stereocenters. The Balaban J connectivity index is 0.000000816. The predicted molar refractivity (Wildman–Crippen MR) is 91.2 cm³/mol. The number of hydrogen-bond acceptors (Lipinski definition) is 2. The minimum atomic E-state index is -1.00. The van der Waals surface area contributed by atoms with Crippen molar-refractivity contribution < 1.29 is 18.2 Å². The molecule has 1 radical (unpaired) electrons. The van der Waals surface area contributed by atoms with Crippen LogP contribution in [-0.4, -0.2) is 19.4 Å². The summed E-state index contributed by atoms with van der Waals surface area (Å²) in [5.41, 5.74) is 2.33. The molecule has 0 fully saturated rings. The third kappa shape index (κ3) is 6.44. The van der Waals surface area contributed by atoms with E-state index in [4.69, 9.17) is 0 Å². The number of benzene rings is 2. The van der Waals surface area contributed by atoms with Crippen LogP contribution in [0.5, 0.6) is 0 Å². The average Bonchev–Trinajstić information content (AvgIpc) is 2.56. The van der Waals surface area contributed by atoms with Crippen molar-refractivity contribution in [1.29, 1.82) is 0 Å². The van der Waals surface area contributed by atoms with Crippen molar-refractivity contribution in [3.05, 3.63) is 69.7 Å². The first-order chi connectivity index (χ1) is 11.0. The van der Waals surface area contributed by atoms with E-state index in [1.54, 1.807) is 36.4 Å². The quantitative estimate of drug-likeness (QED) is 0.419. The van der Waals surface area contributed by atoms with Gasteiger partial charge in [-0.3, -0.25) is 18.2 Å². The summed E-state index contributed by atoms with van der Waals surface area (Å²) in [6.45, 7) is 2.06. The molecule has 0 aliphatic rings. The highest BCUT2D eigenvalue weighted by atomic mass is 79.9. The second-order valence-corrected chi connectivity index (χ2v) is 5.58. The van der Waals surface area contributed by atoms with Gasteiger partial charge >= 0.3 is 7.83 Å².